The minimum atomic E-state index is -2.00. The van der Waals surface area contributed by atoms with Crippen LogP contribution in [0, 0.1) is 5.92 Å². The molecular weight excluding hydrogens is 1070 g/mol. The number of rotatable bonds is 31. The van der Waals surface area contributed by atoms with E-state index in [4.69, 9.17) is 35.2 Å². The second-order valence-corrected chi connectivity index (χ2v) is 19.4. The SMILES string of the molecule is CC(=O)N[C@H]1[C@@H](O[C@H](C)[C@H](NC(=O)[C@H](C)NC(=O)[C@H](CC(C)C)NC(=O)[C@H](CCC(=O)O)NC(C)=O)C(=O)N[C@@H](CCC(N)=O)C(=O)NCC(=O)N2CCC[C@H]2C(=O)NCC(N)=O)O[C@H](COC(C)=O)[C@H](OC(C)=O)[C@@H]1OC(C)=O. The van der Waals surface area contributed by atoms with Gasteiger partial charge >= 0.3 is 23.9 Å². The number of carboxylic acid groups (broad SMARTS) is 1. The number of primary amides is 2. The summed E-state index contributed by atoms with van der Waals surface area (Å²) in [7, 11) is 0. The third kappa shape index (κ3) is 23.5. The van der Waals surface area contributed by atoms with E-state index in [1.54, 1.807) is 13.8 Å². The number of likely N-dealkylation sites (tertiary alicyclic amines) is 1. The molecule has 2 aliphatic rings. The van der Waals surface area contributed by atoms with Crippen LogP contribution < -0.4 is 54.0 Å². The van der Waals surface area contributed by atoms with Crippen LogP contribution in [0.15, 0.2) is 0 Å². The Balaban J connectivity index is 2.66. The van der Waals surface area contributed by atoms with Crippen molar-refractivity contribution < 1.29 is 101 Å². The highest BCUT2D eigenvalue weighted by molar-refractivity contribution is 5.97. The number of nitrogens with zero attached hydrogens (tertiary/aromatic N) is 1. The van der Waals surface area contributed by atoms with E-state index < -0.39 is 201 Å². The average molecular weight is 1140 g/mol. The van der Waals surface area contributed by atoms with Crippen molar-refractivity contribution in [3.8, 4) is 0 Å². The van der Waals surface area contributed by atoms with Crippen molar-refractivity contribution in [1.82, 2.24) is 47.4 Å². The Morgan fingerprint density at radius 3 is 1.77 bits per heavy atom. The van der Waals surface area contributed by atoms with Gasteiger partial charge in [-0.25, -0.2) is 0 Å². The Hall–Kier alpha value is -8.03. The van der Waals surface area contributed by atoms with Crippen molar-refractivity contribution >= 4 is 88.9 Å². The topological polar surface area (TPSA) is 474 Å². The highest BCUT2D eigenvalue weighted by Crippen LogP contribution is 2.29. The molecule has 0 aromatic rings. The minimum Gasteiger partial charge on any atom is -0.481 e. The molecule has 0 radical (unpaired) electrons. The summed E-state index contributed by atoms with van der Waals surface area (Å²) in [4.78, 5) is 193. The summed E-state index contributed by atoms with van der Waals surface area (Å²) in [6.45, 7) is 9.13. The number of carbonyl (C=O) groups is 15. The quantitative estimate of drug-likeness (QED) is 0.0228. The number of hydrogen-bond donors (Lipinski definition) is 11. The van der Waals surface area contributed by atoms with Gasteiger partial charge in [0, 0.05) is 54.0 Å². The lowest BCUT2D eigenvalue weighted by atomic mass is 9.95. The third-order valence-electron chi connectivity index (χ3n) is 11.9. The van der Waals surface area contributed by atoms with E-state index in [1.807, 2.05) is 0 Å². The normalized spacial score (nSPS) is 20.8. The van der Waals surface area contributed by atoms with Gasteiger partial charge in [0.05, 0.1) is 19.2 Å². The number of hydrogen-bond acceptors (Lipinski definition) is 20. The summed E-state index contributed by atoms with van der Waals surface area (Å²) in [5.41, 5.74) is 10.5. The Morgan fingerprint density at radius 1 is 0.637 bits per heavy atom. The number of nitrogens with one attached hydrogen (secondary N) is 8. The van der Waals surface area contributed by atoms with Crippen molar-refractivity contribution in [3.63, 3.8) is 0 Å². The zero-order valence-electron chi connectivity index (χ0n) is 46.0. The molecule has 2 fully saturated rings. The molecule has 12 atom stereocenters. The van der Waals surface area contributed by atoms with E-state index in [9.17, 15) is 77.0 Å². The lowest BCUT2D eigenvalue weighted by Gasteiger charge is -2.46. The monoisotopic (exact) mass is 1140 g/mol. The van der Waals surface area contributed by atoms with Crippen molar-refractivity contribution in [2.45, 2.75) is 180 Å². The summed E-state index contributed by atoms with van der Waals surface area (Å²) in [6.07, 6.45) is -9.65. The summed E-state index contributed by atoms with van der Waals surface area (Å²) in [5, 5.41) is 28.4. The second kappa shape index (κ2) is 32.8. The van der Waals surface area contributed by atoms with Gasteiger partial charge in [-0.05, 0) is 51.9 Å². The first-order chi connectivity index (χ1) is 37.3. The molecule has 448 valence electrons. The number of amides is 11. The maximum atomic E-state index is 14.7. The van der Waals surface area contributed by atoms with Gasteiger partial charge in [0.2, 0.25) is 65.0 Å². The molecule has 2 rings (SSSR count). The van der Waals surface area contributed by atoms with E-state index in [0.29, 0.717) is 6.42 Å². The predicted octanol–water partition coefficient (Wildman–Crippen LogP) is -5.60. The zero-order valence-corrected chi connectivity index (χ0v) is 46.0. The van der Waals surface area contributed by atoms with Crippen LogP contribution in [0.4, 0.5) is 0 Å². The third-order valence-corrected chi connectivity index (χ3v) is 11.9. The highest BCUT2D eigenvalue weighted by atomic mass is 16.7. The molecule has 0 aliphatic carbocycles. The summed E-state index contributed by atoms with van der Waals surface area (Å²) in [6, 6.07) is -10.7. The molecule has 2 aliphatic heterocycles. The molecule has 2 heterocycles. The van der Waals surface area contributed by atoms with Gasteiger partial charge < -0.3 is 87.7 Å². The molecule has 0 bridgehead atoms. The van der Waals surface area contributed by atoms with E-state index >= 15 is 0 Å². The van der Waals surface area contributed by atoms with Crippen LogP contribution >= 0.6 is 0 Å². The van der Waals surface area contributed by atoms with E-state index in [0.717, 1.165) is 39.5 Å². The standard InChI is InChI=1S/C48H75N11O21/c1-21(2)17-31(57-44(72)30(54-24(5)60)13-15-37(68)69)45(73)53-22(3)42(70)58-38(23(4)77-48-39(55-25(6)61)41(79-28(9)64)40(78-27(8)63)33(80-48)20-76-26(7)62)47(75)56-29(12-14-34(49)65)43(71)52-19-36(67)59-16-10-11-32(59)46(74)51-18-35(50)66/h21-23,29-33,38-41,48H,10-20H2,1-9H3,(H2,49,65)(H2,50,66)(H,51,74)(H,52,71)(H,53,73)(H,54,60)(H,55,61)(H,56,75)(H,57,72)(H,58,70)(H,68,69)/t22-,23+,29-,30-,31-,32-,33+,38-,39+,40-,41+,48-/m0/s1. The summed E-state index contributed by atoms with van der Waals surface area (Å²) in [5.74, 6) is -14.2. The Labute approximate surface area is 460 Å². The van der Waals surface area contributed by atoms with Gasteiger partial charge in [0.1, 0.15) is 55.0 Å². The molecule has 32 nitrogen and oxygen atoms in total. The fourth-order valence-corrected chi connectivity index (χ4v) is 8.34. The first-order valence-electron chi connectivity index (χ1n) is 25.5. The van der Waals surface area contributed by atoms with Gasteiger partial charge in [-0.2, -0.15) is 0 Å². The number of carbonyl (C=O) groups excluding carboxylic acids is 14. The Morgan fingerprint density at radius 2 is 1.23 bits per heavy atom. The van der Waals surface area contributed by atoms with E-state index in [-0.39, 0.29) is 31.7 Å². The zero-order chi connectivity index (χ0) is 60.7. The number of esters is 3. The smallest absolute Gasteiger partial charge is 0.303 e. The molecule has 32 heteroatoms. The largest absolute Gasteiger partial charge is 0.481 e. The fraction of sp³-hybridized carbons (Fsp3) is 0.688. The first-order valence-corrected chi connectivity index (χ1v) is 25.5. The molecule has 0 saturated carbocycles. The average Bonchev–Trinajstić information content (AvgIpc) is 3.84. The number of ether oxygens (including phenoxy) is 5. The second-order valence-electron chi connectivity index (χ2n) is 19.4. The molecule has 0 aromatic heterocycles. The van der Waals surface area contributed by atoms with Crippen molar-refractivity contribution in [3.05, 3.63) is 0 Å². The van der Waals surface area contributed by atoms with E-state index in [2.05, 4.69) is 42.5 Å². The number of aliphatic carboxylic acids is 1. The maximum absolute atomic E-state index is 14.7. The predicted molar refractivity (Wildman–Crippen MR) is 270 cm³/mol. The van der Waals surface area contributed by atoms with Crippen molar-refractivity contribution in [2.75, 3.05) is 26.2 Å². The lowest BCUT2D eigenvalue weighted by molar-refractivity contribution is -0.287. The number of nitrogens with two attached hydrogens (primary N) is 2. The van der Waals surface area contributed by atoms with Gasteiger partial charge in [-0.15, -0.1) is 0 Å². The molecule has 2 saturated heterocycles. The molecular formula is C48H75N11O21. The molecule has 13 N–H and O–H groups in total. The van der Waals surface area contributed by atoms with Gasteiger partial charge in [0.25, 0.3) is 0 Å². The fourth-order valence-electron chi connectivity index (χ4n) is 8.34. The van der Waals surface area contributed by atoms with Crippen LogP contribution in [0.2, 0.25) is 0 Å². The van der Waals surface area contributed by atoms with E-state index in [1.165, 1.54) is 13.8 Å². The lowest BCUT2D eigenvalue weighted by Crippen LogP contribution is -2.68. The Kier molecular flexibility index (Phi) is 27.9. The van der Waals surface area contributed by atoms with Crippen LogP contribution in [0.1, 0.15) is 107 Å². The van der Waals surface area contributed by atoms with Crippen LogP contribution in [-0.4, -0.2) is 198 Å². The highest BCUT2D eigenvalue weighted by Gasteiger charge is 2.52. The molecule has 0 spiro atoms. The van der Waals surface area contributed by atoms with Crippen LogP contribution in [0.5, 0.6) is 0 Å². The molecule has 11 amide bonds. The summed E-state index contributed by atoms with van der Waals surface area (Å²) >= 11 is 0. The van der Waals surface area contributed by atoms with Crippen molar-refractivity contribution in [2.24, 2.45) is 17.4 Å². The van der Waals surface area contributed by atoms with Crippen molar-refractivity contribution in [1.29, 1.82) is 0 Å². The van der Waals surface area contributed by atoms with Gasteiger partial charge in [-0.1, -0.05) is 13.8 Å². The van der Waals surface area contributed by atoms with Crippen LogP contribution in [0.25, 0.3) is 0 Å². The first kappa shape index (κ1) is 68.1. The minimum absolute atomic E-state index is 0.0409. The molecule has 0 aromatic carbocycles. The molecule has 0 unspecified atom stereocenters. The summed E-state index contributed by atoms with van der Waals surface area (Å²) < 4.78 is 28.4. The maximum Gasteiger partial charge on any atom is 0.303 e. The molecule has 80 heavy (non-hydrogen) atoms. The Bertz CT molecular complexity index is 2320. The number of carboxylic acids is 1. The van der Waals surface area contributed by atoms with Crippen LogP contribution in [-0.2, 0) is 95.6 Å². The van der Waals surface area contributed by atoms with Gasteiger partial charge in [-0.3, -0.25) is 71.9 Å². The van der Waals surface area contributed by atoms with Crippen LogP contribution in [0.3, 0.4) is 0 Å². The van der Waals surface area contributed by atoms with Gasteiger partial charge in [0.15, 0.2) is 18.5 Å².